The summed E-state index contributed by atoms with van der Waals surface area (Å²) < 4.78 is 27.0. The molecule has 0 spiro atoms. The quantitative estimate of drug-likeness (QED) is 0.874. The maximum absolute atomic E-state index is 13.5. The Morgan fingerprint density at radius 3 is 2.30 bits per heavy atom. The Morgan fingerprint density at radius 2 is 1.65 bits per heavy atom. The van der Waals surface area contributed by atoms with E-state index in [2.05, 4.69) is 5.32 Å². The third-order valence-electron chi connectivity index (χ3n) is 3.15. The lowest BCUT2D eigenvalue weighted by Gasteiger charge is -2.09. The zero-order chi connectivity index (χ0) is 14.7. The van der Waals surface area contributed by atoms with E-state index in [1.54, 1.807) is 32.0 Å². The maximum Gasteiger partial charge on any atom is 0.129 e. The number of rotatable bonds is 4. The number of nitrogens with one attached hydrogen (secondary N) is 1. The van der Waals surface area contributed by atoms with E-state index in [1.807, 2.05) is 0 Å². The van der Waals surface area contributed by atoms with Gasteiger partial charge in [0.15, 0.2) is 0 Å². The van der Waals surface area contributed by atoms with Crippen molar-refractivity contribution in [3.05, 3.63) is 69.2 Å². The molecule has 1 nitrogen and oxygen atoms in total. The van der Waals surface area contributed by atoms with Gasteiger partial charge in [0.05, 0.1) is 0 Å². The van der Waals surface area contributed by atoms with Gasteiger partial charge in [0.1, 0.15) is 11.6 Å². The van der Waals surface area contributed by atoms with Gasteiger partial charge in [0.25, 0.3) is 0 Å². The van der Waals surface area contributed by atoms with Gasteiger partial charge >= 0.3 is 0 Å². The molecule has 0 bridgehead atoms. The Labute approximate surface area is 122 Å². The molecule has 0 aliphatic heterocycles. The summed E-state index contributed by atoms with van der Waals surface area (Å²) in [5, 5.41) is 3.65. The van der Waals surface area contributed by atoms with Crippen molar-refractivity contribution in [3.63, 3.8) is 0 Å². The molecule has 1 N–H and O–H groups in total. The van der Waals surface area contributed by atoms with E-state index in [4.69, 9.17) is 11.6 Å². The Balaban J connectivity index is 2.01. The topological polar surface area (TPSA) is 12.0 Å². The summed E-state index contributed by atoms with van der Waals surface area (Å²) in [5.74, 6) is -0.456. The molecule has 2 rings (SSSR count). The number of hydrogen-bond acceptors (Lipinski definition) is 1. The third-order valence-corrected chi connectivity index (χ3v) is 3.38. The summed E-state index contributed by atoms with van der Waals surface area (Å²) >= 11 is 5.84. The van der Waals surface area contributed by atoms with Gasteiger partial charge in [-0.25, -0.2) is 8.78 Å². The molecule has 2 aromatic rings. The molecule has 0 radical (unpaired) electrons. The predicted octanol–water partition coefficient (Wildman–Crippen LogP) is 4.52. The summed E-state index contributed by atoms with van der Waals surface area (Å²) in [4.78, 5) is 0. The molecule has 0 saturated carbocycles. The highest BCUT2D eigenvalue weighted by Crippen LogP contribution is 2.16. The second-order valence-corrected chi connectivity index (χ2v) is 5.32. The normalized spacial score (nSPS) is 10.8. The first-order valence-corrected chi connectivity index (χ1v) is 6.75. The number of aryl methyl sites for hydroxylation is 2. The summed E-state index contributed by atoms with van der Waals surface area (Å²) in [6.45, 7) is 4.40. The minimum atomic E-state index is -0.284. The molecule has 0 aliphatic carbocycles. The van der Waals surface area contributed by atoms with Crippen molar-refractivity contribution in [1.29, 1.82) is 0 Å². The van der Waals surface area contributed by atoms with Crippen LogP contribution >= 0.6 is 11.6 Å². The molecule has 0 unspecified atom stereocenters. The van der Waals surface area contributed by atoms with Crippen molar-refractivity contribution < 1.29 is 8.78 Å². The molecule has 0 fully saturated rings. The molecule has 0 saturated heterocycles. The van der Waals surface area contributed by atoms with Gasteiger partial charge in [-0.15, -0.1) is 0 Å². The van der Waals surface area contributed by atoms with E-state index in [9.17, 15) is 8.78 Å². The average molecular weight is 296 g/mol. The summed E-state index contributed by atoms with van der Waals surface area (Å²) in [7, 11) is 0. The smallest absolute Gasteiger partial charge is 0.129 e. The third kappa shape index (κ3) is 3.56. The lowest BCUT2D eigenvalue weighted by atomic mass is 10.1. The molecule has 4 heteroatoms. The van der Waals surface area contributed by atoms with Crippen LogP contribution < -0.4 is 5.32 Å². The molecule has 0 amide bonds. The van der Waals surface area contributed by atoms with Gasteiger partial charge < -0.3 is 5.32 Å². The second kappa shape index (κ2) is 6.33. The van der Waals surface area contributed by atoms with Crippen LogP contribution in [0.4, 0.5) is 8.78 Å². The fourth-order valence-corrected chi connectivity index (χ4v) is 2.35. The van der Waals surface area contributed by atoms with Crippen LogP contribution in [0.25, 0.3) is 0 Å². The van der Waals surface area contributed by atoms with Gasteiger partial charge in [-0.3, -0.25) is 0 Å². The summed E-state index contributed by atoms with van der Waals surface area (Å²) in [5.41, 5.74) is 2.74. The molecule has 2 aromatic carbocycles. The SMILES string of the molecule is Cc1cc(CNCc2cc(Cl)ccc2F)cc(C)c1F. The molecule has 0 atom stereocenters. The summed E-state index contributed by atoms with van der Waals surface area (Å²) in [6, 6.07) is 8.07. The van der Waals surface area contributed by atoms with E-state index in [-0.39, 0.29) is 11.6 Å². The van der Waals surface area contributed by atoms with Crippen LogP contribution in [-0.4, -0.2) is 0 Å². The highest BCUT2D eigenvalue weighted by Gasteiger charge is 2.05. The first-order valence-electron chi connectivity index (χ1n) is 6.37. The van der Waals surface area contributed by atoms with Crippen molar-refractivity contribution in [3.8, 4) is 0 Å². The predicted molar refractivity (Wildman–Crippen MR) is 77.8 cm³/mol. The molecular formula is C16H16ClF2N. The van der Waals surface area contributed by atoms with Crippen molar-refractivity contribution in [2.45, 2.75) is 26.9 Å². The van der Waals surface area contributed by atoms with Crippen LogP contribution in [0, 0.1) is 25.5 Å². The van der Waals surface area contributed by atoms with Crippen molar-refractivity contribution in [2.75, 3.05) is 0 Å². The monoisotopic (exact) mass is 295 g/mol. The van der Waals surface area contributed by atoms with Crippen LogP contribution in [0.2, 0.25) is 5.02 Å². The lowest BCUT2D eigenvalue weighted by molar-refractivity contribution is 0.586. The van der Waals surface area contributed by atoms with Gasteiger partial charge in [0, 0.05) is 23.7 Å². The molecule has 0 aromatic heterocycles. The Hall–Kier alpha value is -1.45. The lowest BCUT2D eigenvalue weighted by Crippen LogP contribution is -2.14. The minimum absolute atomic E-state index is 0.172. The zero-order valence-electron chi connectivity index (χ0n) is 11.4. The van der Waals surface area contributed by atoms with E-state index < -0.39 is 0 Å². The molecule has 106 valence electrons. The fraction of sp³-hybridized carbons (Fsp3) is 0.250. The van der Waals surface area contributed by atoms with Crippen LogP contribution in [0.3, 0.4) is 0 Å². The first-order chi connectivity index (χ1) is 9.47. The largest absolute Gasteiger partial charge is 0.309 e. The van der Waals surface area contributed by atoms with E-state index >= 15 is 0 Å². The Bertz CT molecular complexity index is 603. The fourth-order valence-electron chi connectivity index (χ4n) is 2.16. The van der Waals surface area contributed by atoms with Crippen molar-refractivity contribution in [2.24, 2.45) is 0 Å². The van der Waals surface area contributed by atoms with Gasteiger partial charge in [-0.05, 0) is 48.7 Å². The highest BCUT2D eigenvalue weighted by atomic mass is 35.5. The minimum Gasteiger partial charge on any atom is -0.309 e. The van der Waals surface area contributed by atoms with Gasteiger partial charge in [0.2, 0.25) is 0 Å². The number of hydrogen-bond donors (Lipinski definition) is 1. The molecule has 0 heterocycles. The van der Waals surface area contributed by atoms with Crippen LogP contribution in [0.15, 0.2) is 30.3 Å². The average Bonchev–Trinajstić information content (AvgIpc) is 2.40. The Morgan fingerprint density at radius 1 is 1.00 bits per heavy atom. The summed E-state index contributed by atoms with van der Waals surface area (Å²) in [6.07, 6.45) is 0. The number of benzene rings is 2. The van der Waals surface area contributed by atoms with E-state index in [0.29, 0.717) is 34.8 Å². The first kappa shape index (κ1) is 14.9. The standard InChI is InChI=1S/C16H16ClF2N/c1-10-5-12(6-11(2)16(10)19)8-20-9-13-7-14(17)3-4-15(13)18/h3-7,20H,8-9H2,1-2H3. The second-order valence-electron chi connectivity index (χ2n) is 4.88. The molecule has 20 heavy (non-hydrogen) atoms. The number of halogens is 3. The van der Waals surface area contributed by atoms with E-state index in [0.717, 1.165) is 5.56 Å². The zero-order valence-corrected chi connectivity index (χ0v) is 12.2. The van der Waals surface area contributed by atoms with E-state index in [1.165, 1.54) is 12.1 Å². The van der Waals surface area contributed by atoms with Crippen molar-refractivity contribution >= 4 is 11.6 Å². The highest BCUT2D eigenvalue weighted by molar-refractivity contribution is 6.30. The van der Waals surface area contributed by atoms with Crippen LogP contribution in [0.1, 0.15) is 22.3 Å². The van der Waals surface area contributed by atoms with Gasteiger partial charge in [-0.1, -0.05) is 23.7 Å². The van der Waals surface area contributed by atoms with Crippen LogP contribution in [-0.2, 0) is 13.1 Å². The Kier molecular flexibility index (Phi) is 4.73. The van der Waals surface area contributed by atoms with Crippen molar-refractivity contribution in [1.82, 2.24) is 5.32 Å². The van der Waals surface area contributed by atoms with Crippen LogP contribution in [0.5, 0.6) is 0 Å². The molecular weight excluding hydrogens is 280 g/mol. The van der Waals surface area contributed by atoms with Gasteiger partial charge in [-0.2, -0.15) is 0 Å². The molecule has 0 aliphatic rings. The maximum atomic E-state index is 13.5.